The molecular formula is C22H27ClN4O2. The summed E-state index contributed by atoms with van der Waals surface area (Å²) >= 11 is 0. The number of hydrogen-bond acceptors (Lipinski definition) is 5. The van der Waals surface area contributed by atoms with Crippen molar-refractivity contribution >= 4 is 12.4 Å². The Bertz CT molecular complexity index is 896. The summed E-state index contributed by atoms with van der Waals surface area (Å²) in [6.45, 7) is 3.81. The van der Waals surface area contributed by atoms with Crippen LogP contribution in [0.5, 0.6) is 17.2 Å². The van der Waals surface area contributed by atoms with E-state index in [0.29, 0.717) is 0 Å². The minimum absolute atomic E-state index is 0. The first-order valence-corrected chi connectivity index (χ1v) is 9.56. The molecule has 1 saturated heterocycles. The minimum atomic E-state index is 0. The summed E-state index contributed by atoms with van der Waals surface area (Å²) in [5.41, 5.74) is 1.27. The number of nitrogens with one attached hydrogen (secondary N) is 1. The van der Waals surface area contributed by atoms with Crippen molar-refractivity contribution in [1.29, 1.82) is 0 Å². The Labute approximate surface area is 177 Å². The van der Waals surface area contributed by atoms with Gasteiger partial charge in [-0.15, -0.1) is 12.4 Å². The molecule has 154 valence electrons. The second kappa shape index (κ2) is 9.78. The summed E-state index contributed by atoms with van der Waals surface area (Å²) in [5.74, 6) is 3.55. The molecule has 0 spiro atoms. The number of aromatic nitrogens is 2. The molecule has 7 heteroatoms. The monoisotopic (exact) mass is 414 g/mol. The van der Waals surface area contributed by atoms with Crippen LogP contribution in [0.4, 0.5) is 0 Å². The van der Waals surface area contributed by atoms with Gasteiger partial charge in [0.1, 0.15) is 23.1 Å². The van der Waals surface area contributed by atoms with Gasteiger partial charge in [-0.1, -0.05) is 12.1 Å². The third-order valence-corrected chi connectivity index (χ3v) is 5.11. The van der Waals surface area contributed by atoms with E-state index < -0.39 is 0 Å². The highest BCUT2D eigenvalue weighted by Crippen LogP contribution is 2.26. The highest BCUT2D eigenvalue weighted by Gasteiger charge is 2.26. The lowest BCUT2D eigenvalue weighted by molar-refractivity contribution is 0.144. The molecule has 29 heavy (non-hydrogen) atoms. The molecule has 0 radical (unpaired) electrons. The zero-order valence-corrected chi connectivity index (χ0v) is 17.6. The van der Waals surface area contributed by atoms with Gasteiger partial charge in [0.2, 0.25) is 0 Å². The number of piperazine rings is 1. The highest BCUT2D eigenvalue weighted by atomic mass is 35.5. The van der Waals surface area contributed by atoms with Crippen molar-refractivity contribution in [2.24, 2.45) is 7.05 Å². The smallest absolute Gasteiger partial charge is 0.127 e. The zero-order valence-electron chi connectivity index (χ0n) is 16.7. The topological polar surface area (TPSA) is 51.6 Å². The van der Waals surface area contributed by atoms with Crippen LogP contribution in [0.15, 0.2) is 60.9 Å². The molecule has 4 rings (SSSR count). The zero-order chi connectivity index (χ0) is 19.3. The van der Waals surface area contributed by atoms with Crippen molar-refractivity contribution in [3.8, 4) is 17.2 Å². The molecule has 0 amide bonds. The first-order valence-electron chi connectivity index (χ1n) is 9.56. The van der Waals surface area contributed by atoms with Gasteiger partial charge in [-0.05, 0) is 42.0 Å². The molecule has 1 fully saturated rings. The maximum absolute atomic E-state index is 5.93. The first kappa shape index (κ1) is 21.2. The van der Waals surface area contributed by atoms with Gasteiger partial charge in [-0.2, -0.15) is 0 Å². The number of methoxy groups -OCH3 is 1. The number of ether oxygens (including phenoxy) is 2. The van der Waals surface area contributed by atoms with Gasteiger partial charge in [0.15, 0.2) is 0 Å². The molecular weight excluding hydrogens is 388 g/mol. The van der Waals surface area contributed by atoms with E-state index in [2.05, 4.69) is 38.9 Å². The molecule has 1 aliphatic rings. The quantitative estimate of drug-likeness (QED) is 0.665. The van der Waals surface area contributed by atoms with E-state index in [4.69, 9.17) is 9.47 Å². The van der Waals surface area contributed by atoms with Crippen molar-refractivity contribution in [3.63, 3.8) is 0 Å². The minimum Gasteiger partial charge on any atom is -0.497 e. The van der Waals surface area contributed by atoms with Crippen molar-refractivity contribution in [3.05, 3.63) is 72.3 Å². The Morgan fingerprint density at radius 3 is 2.31 bits per heavy atom. The van der Waals surface area contributed by atoms with Crippen LogP contribution in [0.3, 0.4) is 0 Å². The van der Waals surface area contributed by atoms with Crippen LogP contribution in [-0.4, -0.2) is 41.2 Å². The number of aryl methyl sites for hydroxylation is 1. The number of hydrogen-bond donors (Lipinski definition) is 1. The standard InChI is InChI=1S/C22H26N4O2.ClH/c1-25-13-12-24-22(25)21-15-23-11-14-26(21)16-17-3-5-19(6-4-17)28-20-9-7-18(27-2)8-10-20;/h3-10,12-13,21,23H,11,14-16H2,1-2H3;1H. The maximum atomic E-state index is 5.93. The van der Waals surface area contributed by atoms with Gasteiger partial charge in [0.05, 0.1) is 13.2 Å². The largest absolute Gasteiger partial charge is 0.497 e. The molecule has 1 unspecified atom stereocenters. The Kier molecular flexibility index (Phi) is 7.14. The number of benzene rings is 2. The lowest BCUT2D eigenvalue weighted by Crippen LogP contribution is -2.46. The van der Waals surface area contributed by atoms with Crippen LogP contribution in [0.25, 0.3) is 0 Å². The lowest BCUT2D eigenvalue weighted by Gasteiger charge is -2.35. The van der Waals surface area contributed by atoms with E-state index in [-0.39, 0.29) is 18.4 Å². The van der Waals surface area contributed by atoms with Crippen LogP contribution < -0.4 is 14.8 Å². The number of imidazole rings is 1. The van der Waals surface area contributed by atoms with E-state index in [1.54, 1.807) is 7.11 Å². The molecule has 1 N–H and O–H groups in total. The van der Waals surface area contributed by atoms with Crippen molar-refractivity contribution in [2.45, 2.75) is 12.6 Å². The van der Waals surface area contributed by atoms with Crippen LogP contribution in [0.2, 0.25) is 0 Å². The molecule has 1 atom stereocenters. The summed E-state index contributed by atoms with van der Waals surface area (Å²) in [6.07, 6.45) is 3.88. The Hall–Kier alpha value is -2.54. The van der Waals surface area contributed by atoms with Gasteiger partial charge in [-0.3, -0.25) is 4.90 Å². The molecule has 0 saturated carbocycles. The van der Waals surface area contributed by atoms with Gasteiger partial charge < -0.3 is 19.4 Å². The van der Waals surface area contributed by atoms with Gasteiger partial charge >= 0.3 is 0 Å². The molecule has 2 heterocycles. The molecule has 0 bridgehead atoms. The fourth-order valence-electron chi connectivity index (χ4n) is 3.57. The molecule has 1 aliphatic heterocycles. The van der Waals surface area contributed by atoms with Crippen LogP contribution >= 0.6 is 12.4 Å². The van der Waals surface area contributed by atoms with Crippen LogP contribution in [-0.2, 0) is 13.6 Å². The van der Waals surface area contributed by atoms with Crippen molar-refractivity contribution in [2.75, 3.05) is 26.7 Å². The van der Waals surface area contributed by atoms with Crippen LogP contribution in [0, 0.1) is 0 Å². The van der Waals surface area contributed by atoms with Gasteiger partial charge in [0.25, 0.3) is 0 Å². The third kappa shape index (κ3) is 5.09. The number of halogens is 1. The second-order valence-electron chi connectivity index (χ2n) is 7.01. The predicted molar refractivity (Wildman–Crippen MR) is 116 cm³/mol. The Morgan fingerprint density at radius 2 is 1.69 bits per heavy atom. The molecule has 6 nitrogen and oxygen atoms in total. The van der Waals surface area contributed by atoms with Gasteiger partial charge in [-0.25, -0.2) is 4.98 Å². The van der Waals surface area contributed by atoms with Gasteiger partial charge in [0, 0.05) is 45.6 Å². The summed E-state index contributed by atoms with van der Waals surface area (Å²) in [6, 6.07) is 16.2. The van der Waals surface area contributed by atoms with Crippen molar-refractivity contribution < 1.29 is 9.47 Å². The van der Waals surface area contributed by atoms with E-state index in [9.17, 15) is 0 Å². The van der Waals surface area contributed by atoms with Crippen LogP contribution in [0.1, 0.15) is 17.4 Å². The molecule has 0 aliphatic carbocycles. The Balaban J connectivity index is 0.00000240. The summed E-state index contributed by atoms with van der Waals surface area (Å²) in [5, 5.41) is 3.49. The fraction of sp³-hybridized carbons (Fsp3) is 0.318. The maximum Gasteiger partial charge on any atom is 0.127 e. The second-order valence-corrected chi connectivity index (χ2v) is 7.01. The van der Waals surface area contributed by atoms with E-state index in [0.717, 1.165) is 49.3 Å². The average molecular weight is 415 g/mol. The predicted octanol–water partition coefficient (Wildman–Crippen LogP) is 3.79. The molecule has 2 aromatic carbocycles. The first-order chi connectivity index (χ1) is 13.7. The SMILES string of the molecule is COc1ccc(Oc2ccc(CN3CCNCC3c3nccn3C)cc2)cc1.Cl. The lowest BCUT2D eigenvalue weighted by atomic mass is 10.1. The summed E-state index contributed by atoms with van der Waals surface area (Å²) < 4.78 is 13.2. The normalized spacial score (nSPS) is 16.8. The summed E-state index contributed by atoms with van der Waals surface area (Å²) in [4.78, 5) is 7.04. The fourth-order valence-corrected chi connectivity index (χ4v) is 3.57. The number of rotatable bonds is 6. The van der Waals surface area contributed by atoms with E-state index >= 15 is 0 Å². The highest BCUT2D eigenvalue weighted by molar-refractivity contribution is 5.85. The van der Waals surface area contributed by atoms with Crippen molar-refractivity contribution in [1.82, 2.24) is 19.8 Å². The van der Waals surface area contributed by atoms with E-state index in [1.165, 1.54) is 5.56 Å². The Morgan fingerprint density at radius 1 is 1.03 bits per heavy atom. The number of nitrogens with zero attached hydrogens (tertiary/aromatic N) is 3. The van der Waals surface area contributed by atoms with E-state index in [1.807, 2.05) is 48.8 Å². The molecule has 1 aromatic heterocycles. The molecule has 3 aromatic rings. The third-order valence-electron chi connectivity index (χ3n) is 5.11. The average Bonchev–Trinajstić information content (AvgIpc) is 3.16. The summed E-state index contributed by atoms with van der Waals surface area (Å²) in [7, 11) is 3.71.